The van der Waals surface area contributed by atoms with Gasteiger partial charge in [0, 0.05) is 60.5 Å². The normalized spacial score (nSPS) is 24.9. The molecule has 2 aliphatic rings. The van der Waals surface area contributed by atoms with Crippen molar-refractivity contribution in [1.82, 2.24) is 8.01 Å². The second kappa shape index (κ2) is 6.66. The van der Waals surface area contributed by atoms with E-state index in [1.807, 2.05) is 0 Å². The number of nitrogens with zero attached hydrogens (tertiary/aromatic N) is 2. The second-order valence-electron chi connectivity index (χ2n) is 6.28. The first kappa shape index (κ1) is 16.8. The summed E-state index contributed by atoms with van der Waals surface area (Å²) in [5.41, 5.74) is 0.0348. The van der Waals surface area contributed by atoms with Gasteiger partial charge in [0.2, 0.25) is 0 Å². The van der Waals surface area contributed by atoms with E-state index < -0.39 is 12.6 Å². The van der Waals surface area contributed by atoms with Gasteiger partial charge in [0.1, 0.15) is 0 Å². The van der Waals surface area contributed by atoms with Crippen LogP contribution in [0.5, 0.6) is 0 Å². The fraction of sp³-hybridized carbons (Fsp3) is 1.00. The number of halogens is 4. The summed E-state index contributed by atoms with van der Waals surface area (Å²) >= 11 is 2.29. The molecule has 0 atom stereocenters. The van der Waals surface area contributed by atoms with Crippen molar-refractivity contribution in [2.75, 3.05) is 39.4 Å². The van der Waals surface area contributed by atoms with Crippen LogP contribution < -0.4 is 0 Å². The van der Waals surface area contributed by atoms with E-state index in [1.54, 1.807) is 0 Å². The topological polar surface area (TPSA) is 15.7 Å². The highest BCUT2D eigenvalue weighted by molar-refractivity contribution is 14.1. The Kier molecular flexibility index (Phi) is 5.58. The number of alkyl halides is 3. The van der Waals surface area contributed by atoms with Crippen LogP contribution in [0.1, 0.15) is 26.2 Å². The van der Waals surface area contributed by atoms with Crippen molar-refractivity contribution in [3.63, 3.8) is 0 Å². The first-order chi connectivity index (χ1) is 9.27. The fourth-order valence-electron chi connectivity index (χ4n) is 2.89. The minimum atomic E-state index is -4.07. The van der Waals surface area contributed by atoms with E-state index in [0.29, 0.717) is 13.2 Å². The molecule has 0 aromatic carbocycles. The van der Waals surface area contributed by atoms with E-state index in [2.05, 4.69) is 37.8 Å². The Morgan fingerprint density at radius 3 is 2.35 bits per heavy atom. The van der Waals surface area contributed by atoms with Crippen LogP contribution in [0, 0.1) is 5.41 Å². The molecule has 0 aromatic heterocycles. The average molecular weight is 406 g/mol. The highest BCUT2D eigenvalue weighted by atomic mass is 127. The van der Waals surface area contributed by atoms with Crippen molar-refractivity contribution in [1.29, 1.82) is 0 Å². The van der Waals surface area contributed by atoms with Crippen molar-refractivity contribution >= 4 is 22.9 Å². The van der Waals surface area contributed by atoms with Gasteiger partial charge in [0.05, 0.1) is 19.6 Å². The van der Waals surface area contributed by atoms with Crippen LogP contribution in [0.4, 0.5) is 13.2 Å². The lowest BCUT2D eigenvalue weighted by molar-refractivity contribution is -0.149. The molecule has 2 rings (SSSR count). The molecule has 2 heterocycles. The molecule has 2 fully saturated rings. The fourth-order valence-corrected chi connectivity index (χ4v) is 3.45. The molecular weight excluding hydrogens is 384 g/mol. The predicted molar refractivity (Wildman–Crippen MR) is 79.8 cm³/mol. The van der Waals surface area contributed by atoms with E-state index in [0.717, 1.165) is 32.5 Å². The third-order valence-electron chi connectivity index (χ3n) is 4.09. The Labute approximate surface area is 132 Å². The van der Waals surface area contributed by atoms with Crippen molar-refractivity contribution in [3.05, 3.63) is 0 Å². The quantitative estimate of drug-likeness (QED) is 0.516. The Hall–Kier alpha value is 0.400. The van der Waals surface area contributed by atoms with Crippen LogP contribution in [0.15, 0.2) is 0 Å². The van der Waals surface area contributed by atoms with Gasteiger partial charge in [-0.15, -0.1) is 0 Å². The number of rotatable bonds is 5. The molecule has 0 bridgehead atoms. The number of ether oxygens (including phenoxy) is 1. The molecule has 0 aliphatic carbocycles. The Morgan fingerprint density at radius 2 is 1.90 bits per heavy atom. The monoisotopic (exact) mass is 406 g/mol. The number of hydrogen-bond donors (Lipinski definition) is 0. The molecule has 2 saturated heterocycles. The standard InChI is InChI=1S/C13H22F3IN2O/c1-12(9-20-10-12)8-18(7-4-13(14,15)16)11-2-5-19(17)6-3-11/h11H,2-10H2,1H3. The largest absolute Gasteiger partial charge is 0.390 e. The summed E-state index contributed by atoms with van der Waals surface area (Å²) in [7, 11) is 0. The van der Waals surface area contributed by atoms with Crippen molar-refractivity contribution in [2.24, 2.45) is 5.41 Å². The van der Waals surface area contributed by atoms with E-state index >= 15 is 0 Å². The SMILES string of the molecule is CC1(CN(CCC(F)(F)F)C2CCN(I)CC2)COC1. The van der Waals surface area contributed by atoms with Crippen molar-refractivity contribution in [2.45, 2.75) is 38.4 Å². The molecule has 0 unspecified atom stereocenters. The minimum absolute atomic E-state index is 0.0348. The first-order valence-electron chi connectivity index (χ1n) is 7.07. The average Bonchev–Trinajstić information content (AvgIpc) is 2.32. The predicted octanol–water partition coefficient (Wildman–Crippen LogP) is 3.09. The smallest absolute Gasteiger partial charge is 0.380 e. The second-order valence-corrected chi connectivity index (χ2v) is 7.64. The Bertz CT molecular complexity index is 315. The van der Waals surface area contributed by atoms with Gasteiger partial charge in [-0.2, -0.15) is 13.2 Å². The number of hydrogen-bond acceptors (Lipinski definition) is 3. The van der Waals surface area contributed by atoms with Gasteiger partial charge in [-0.25, -0.2) is 3.11 Å². The molecular formula is C13H22F3IN2O. The van der Waals surface area contributed by atoms with Crippen LogP contribution in [0.3, 0.4) is 0 Å². The van der Waals surface area contributed by atoms with Crippen LogP contribution in [0.2, 0.25) is 0 Å². The van der Waals surface area contributed by atoms with E-state index in [1.165, 1.54) is 0 Å². The lowest BCUT2D eigenvalue weighted by Gasteiger charge is -2.45. The molecule has 0 saturated carbocycles. The zero-order valence-electron chi connectivity index (χ0n) is 11.8. The van der Waals surface area contributed by atoms with Gasteiger partial charge in [0.25, 0.3) is 0 Å². The van der Waals surface area contributed by atoms with Gasteiger partial charge in [-0.1, -0.05) is 6.92 Å². The molecule has 0 aromatic rings. The Balaban J connectivity index is 1.92. The molecule has 0 spiro atoms. The summed E-state index contributed by atoms with van der Waals surface area (Å²) in [6.45, 7) is 6.19. The van der Waals surface area contributed by atoms with Gasteiger partial charge in [-0.3, -0.25) is 4.90 Å². The molecule has 3 nitrogen and oxygen atoms in total. The maximum Gasteiger partial charge on any atom is 0.390 e. The minimum Gasteiger partial charge on any atom is -0.380 e. The molecule has 2 aliphatic heterocycles. The summed E-state index contributed by atoms with van der Waals surface area (Å²) < 4.78 is 45.0. The van der Waals surface area contributed by atoms with Gasteiger partial charge in [-0.05, 0) is 12.8 Å². The van der Waals surface area contributed by atoms with E-state index in [-0.39, 0.29) is 18.0 Å². The number of piperidine rings is 1. The summed E-state index contributed by atoms with van der Waals surface area (Å²) in [5.74, 6) is 0. The zero-order valence-corrected chi connectivity index (χ0v) is 13.9. The molecule has 118 valence electrons. The van der Waals surface area contributed by atoms with Crippen LogP contribution in [0.25, 0.3) is 0 Å². The van der Waals surface area contributed by atoms with Crippen molar-refractivity contribution in [3.8, 4) is 0 Å². The zero-order chi connectivity index (χ0) is 14.8. The molecule has 7 heteroatoms. The maximum atomic E-state index is 12.5. The summed E-state index contributed by atoms with van der Waals surface area (Å²) in [5, 5.41) is 0. The van der Waals surface area contributed by atoms with E-state index in [4.69, 9.17) is 4.74 Å². The first-order valence-corrected chi connectivity index (χ1v) is 8.03. The lowest BCUT2D eigenvalue weighted by atomic mass is 9.87. The van der Waals surface area contributed by atoms with Gasteiger partial charge >= 0.3 is 6.18 Å². The van der Waals surface area contributed by atoms with Crippen LogP contribution >= 0.6 is 22.9 Å². The van der Waals surface area contributed by atoms with Gasteiger partial charge in [0.15, 0.2) is 0 Å². The lowest BCUT2D eigenvalue weighted by Crippen LogP contribution is -2.53. The summed E-state index contributed by atoms with van der Waals surface area (Å²) in [6, 6.07) is 0.279. The highest BCUT2D eigenvalue weighted by Crippen LogP contribution is 2.31. The molecule has 0 amide bonds. The molecule has 0 radical (unpaired) electrons. The maximum absolute atomic E-state index is 12.5. The molecule has 0 N–H and O–H groups in total. The third-order valence-corrected chi connectivity index (χ3v) is 5.06. The third kappa shape index (κ3) is 4.99. The highest BCUT2D eigenvalue weighted by Gasteiger charge is 2.38. The van der Waals surface area contributed by atoms with Gasteiger partial charge < -0.3 is 4.74 Å². The van der Waals surface area contributed by atoms with E-state index in [9.17, 15) is 13.2 Å². The molecule has 20 heavy (non-hydrogen) atoms. The van der Waals surface area contributed by atoms with Crippen LogP contribution in [-0.4, -0.2) is 59.6 Å². The van der Waals surface area contributed by atoms with Crippen LogP contribution in [-0.2, 0) is 4.74 Å². The summed E-state index contributed by atoms with van der Waals surface area (Å²) in [6.07, 6.45) is -2.87. The summed E-state index contributed by atoms with van der Waals surface area (Å²) in [4.78, 5) is 2.06. The Morgan fingerprint density at radius 1 is 1.30 bits per heavy atom. The van der Waals surface area contributed by atoms with Crippen molar-refractivity contribution < 1.29 is 17.9 Å².